The summed E-state index contributed by atoms with van der Waals surface area (Å²) in [5.74, 6) is 0.462. The SMILES string of the molecule is Cc1csc(CNC(=O)N(C)Cc2nc3ccsc3c(=O)[nH]2)n1. The standard InChI is InChI=1S/C14H15N5O2S2/c1-8-7-23-11(16-8)5-15-14(21)19(2)6-10-17-9-3-4-22-12(9)13(20)18-10/h3-4,7H,5-6H2,1-2H3,(H,15,21)(H,17,18,20). The normalized spacial score (nSPS) is 10.9. The molecule has 9 heteroatoms. The van der Waals surface area contributed by atoms with Crippen molar-refractivity contribution in [3.05, 3.63) is 43.7 Å². The number of carbonyl (C=O) groups is 1. The molecule has 23 heavy (non-hydrogen) atoms. The van der Waals surface area contributed by atoms with Crippen LogP contribution >= 0.6 is 22.7 Å². The number of nitrogens with zero attached hydrogens (tertiary/aromatic N) is 3. The lowest BCUT2D eigenvalue weighted by molar-refractivity contribution is 0.205. The summed E-state index contributed by atoms with van der Waals surface area (Å²) in [4.78, 5) is 36.8. The predicted molar refractivity (Wildman–Crippen MR) is 90.8 cm³/mol. The van der Waals surface area contributed by atoms with E-state index < -0.39 is 0 Å². The number of H-pyrrole nitrogens is 1. The van der Waals surface area contributed by atoms with Gasteiger partial charge in [-0.25, -0.2) is 14.8 Å². The van der Waals surface area contributed by atoms with E-state index in [0.717, 1.165) is 10.7 Å². The van der Waals surface area contributed by atoms with Crippen molar-refractivity contribution in [3.63, 3.8) is 0 Å². The molecule has 3 aromatic heterocycles. The number of urea groups is 1. The van der Waals surface area contributed by atoms with Crippen LogP contribution in [0.3, 0.4) is 0 Å². The molecule has 0 fully saturated rings. The van der Waals surface area contributed by atoms with Crippen LogP contribution in [0.25, 0.3) is 10.2 Å². The minimum Gasteiger partial charge on any atom is -0.331 e. The number of hydrogen-bond acceptors (Lipinski definition) is 6. The minimum atomic E-state index is -0.245. The van der Waals surface area contributed by atoms with Gasteiger partial charge in [0.05, 0.1) is 18.6 Å². The summed E-state index contributed by atoms with van der Waals surface area (Å²) in [5, 5.41) is 7.42. The molecule has 7 nitrogen and oxygen atoms in total. The van der Waals surface area contributed by atoms with Crippen LogP contribution in [-0.2, 0) is 13.1 Å². The summed E-state index contributed by atoms with van der Waals surface area (Å²) < 4.78 is 0.597. The van der Waals surface area contributed by atoms with Gasteiger partial charge in [-0.05, 0) is 18.4 Å². The van der Waals surface area contributed by atoms with E-state index in [-0.39, 0.29) is 18.1 Å². The summed E-state index contributed by atoms with van der Waals surface area (Å²) in [5.41, 5.74) is 1.42. The van der Waals surface area contributed by atoms with E-state index >= 15 is 0 Å². The number of aromatic amines is 1. The van der Waals surface area contributed by atoms with E-state index in [9.17, 15) is 9.59 Å². The van der Waals surface area contributed by atoms with E-state index in [1.807, 2.05) is 17.7 Å². The summed E-state index contributed by atoms with van der Waals surface area (Å²) in [7, 11) is 1.65. The molecule has 2 N–H and O–H groups in total. The molecular weight excluding hydrogens is 334 g/mol. The first-order valence-electron chi connectivity index (χ1n) is 6.89. The molecule has 0 radical (unpaired) electrons. The second-order valence-electron chi connectivity index (χ2n) is 5.04. The number of thiazole rings is 1. The average Bonchev–Trinajstić information content (AvgIpc) is 3.13. The number of aromatic nitrogens is 3. The van der Waals surface area contributed by atoms with Crippen LogP contribution < -0.4 is 10.9 Å². The predicted octanol–water partition coefficient (Wildman–Crippen LogP) is 2.09. The van der Waals surface area contributed by atoms with Crippen molar-refractivity contribution in [1.29, 1.82) is 0 Å². The van der Waals surface area contributed by atoms with Gasteiger partial charge in [-0.15, -0.1) is 22.7 Å². The third-order valence-corrected chi connectivity index (χ3v) is 5.02. The van der Waals surface area contributed by atoms with Gasteiger partial charge in [-0.3, -0.25) is 4.79 Å². The van der Waals surface area contributed by atoms with Gasteiger partial charge in [0.2, 0.25) is 0 Å². The average molecular weight is 349 g/mol. The lowest BCUT2D eigenvalue weighted by Gasteiger charge is -2.16. The van der Waals surface area contributed by atoms with Gasteiger partial charge >= 0.3 is 6.03 Å². The number of aryl methyl sites for hydroxylation is 1. The topological polar surface area (TPSA) is 91.0 Å². The number of carbonyl (C=O) groups excluding carboxylic acids is 1. The monoisotopic (exact) mass is 349 g/mol. The molecule has 0 unspecified atom stereocenters. The Kier molecular flexibility index (Phi) is 4.39. The fourth-order valence-electron chi connectivity index (χ4n) is 2.06. The van der Waals surface area contributed by atoms with Gasteiger partial charge in [0.15, 0.2) is 0 Å². The summed E-state index contributed by atoms with van der Waals surface area (Å²) in [6, 6.07) is 1.55. The highest BCUT2D eigenvalue weighted by atomic mass is 32.1. The molecule has 0 saturated heterocycles. The first-order valence-corrected chi connectivity index (χ1v) is 8.65. The Morgan fingerprint density at radius 1 is 1.39 bits per heavy atom. The Morgan fingerprint density at radius 3 is 2.96 bits per heavy atom. The second kappa shape index (κ2) is 6.47. The highest BCUT2D eigenvalue weighted by Gasteiger charge is 2.12. The molecule has 120 valence electrons. The molecule has 0 spiro atoms. The lowest BCUT2D eigenvalue weighted by Crippen LogP contribution is -2.37. The van der Waals surface area contributed by atoms with E-state index in [1.54, 1.807) is 13.1 Å². The molecule has 3 aromatic rings. The van der Waals surface area contributed by atoms with Crippen LogP contribution in [-0.4, -0.2) is 32.9 Å². The Hall–Kier alpha value is -2.26. The maximum absolute atomic E-state index is 12.1. The molecule has 0 aliphatic rings. The zero-order chi connectivity index (χ0) is 16.4. The van der Waals surface area contributed by atoms with Gasteiger partial charge in [0.25, 0.3) is 5.56 Å². The molecular formula is C14H15N5O2S2. The zero-order valence-electron chi connectivity index (χ0n) is 12.6. The first kappa shape index (κ1) is 15.6. The molecule has 0 aliphatic carbocycles. The van der Waals surface area contributed by atoms with Crippen molar-refractivity contribution >= 4 is 38.9 Å². The molecule has 0 aliphatic heterocycles. The summed E-state index contributed by atoms with van der Waals surface area (Å²) >= 11 is 2.86. The Bertz CT molecular complexity index is 898. The lowest BCUT2D eigenvalue weighted by atomic mass is 10.4. The van der Waals surface area contributed by atoms with E-state index in [1.165, 1.54) is 27.6 Å². The molecule has 0 bridgehead atoms. The molecule has 3 rings (SSSR count). The van der Waals surface area contributed by atoms with Crippen molar-refractivity contribution < 1.29 is 4.79 Å². The molecule has 0 saturated carbocycles. The fourth-order valence-corrected chi connectivity index (χ4v) is 3.50. The van der Waals surface area contributed by atoms with Crippen LogP contribution in [0, 0.1) is 6.92 Å². The van der Waals surface area contributed by atoms with Gasteiger partial charge in [0, 0.05) is 18.1 Å². The van der Waals surface area contributed by atoms with Crippen molar-refractivity contribution in [2.24, 2.45) is 0 Å². The molecule has 0 atom stereocenters. The third kappa shape index (κ3) is 3.57. The van der Waals surface area contributed by atoms with Crippen LogP contribution in [0.15, 0.2) is 21.6 Å². The number of rotatable bonds is 4. The van der Waals surface area contributed by atoms with Crippen LogP contribution in [0.1, 0.15) is 16.5 Å². The Balaban J connectivity index is 1.63. The maximum atomic E-state index is 12.1. The fraction of sp³-hybridized carbons (Fsp3) is 0.286. The minimum absolute atomic E-state index is 0.174. The quantitative estimate of drug-likeness (QED) is 0.754. The first-order chi connectivity index (χ1) is 11.0. The van der Waals surface area contributed by atoms with E-state index in [2.05, 4.69) is 20.3 Å². The zero-order valence-corrected chi connectivity index (χ0v) is 14.3. The highest BCUT2D eigenvalue weighted by Crippen LogP contribution is 2.14. The van der Waals surface area contributed by atoms with Gasteiger partial charge in [-0.1, -0.05) is 0 Å². The Morgan fingerprint density at radius 2 is 2.22 bits per heavy atom. The van der Waals surface area contributed by atoms with Gasteiger partial charge in [0.1, 0.15) is 15.5 Å². The molecule has 2 amide bonds. The van der Waals surface area contributed by atoms with Crippen molar-refractivity contribution in [1.82, 2.24) is 25.2 Å². The smallest absolute Gasteiger partial charge is 0.317 e. The van der Waals surface area contributed by atoms with Gasteiger partial charge < -0.3 is 15.2 Å². The number of thiophene rings is 1. The van der Waals surface area contributed by atoms with Crippen LogP contribution in [0.5, 0.6) is 0 Å². The number of nitrogens with one attached hydrogen (secondary N) is 2. The third-order valence-electron chi connectivity index (χ3n) is 3.15. The summed E-state index contributed by atoms with van der Waals surface area (Å²) in [6.07, 6.45) is 0. The number of amides is 2. The Labute approximate surface area is 140 Å². The maximum Gasteiger partial charge on any atom is 0.317 e. The molecule has 0 aromatic carbocycles. The number of hydrogen-bond donors (Lipinski definition) is 2. The molecule has 3 heterocycles. The number of fused-ring (bicyclic) bond motifs is 1. The summed E-state index contributed by atoms with van der Waals surface area (Å²) in [6.45, 7) is 2.52. The van der Waals surface area contributed by atoms with Crippen molar-refractivity contribution in [3.8, 4) is 0 Å². The van der Waals surface area contributed by atoms with E-state index in [4.69, 9.17) is 0 Å². The van der Waals surface area contributed by atoms with E-state index in [0.29, 0.717) is 22.6 Å². The largest absolute Gasteiger partial charge is 0.331 e. The van der Waals surface area contributed by atoms with Crippen LogP contribution in [0.4, 0.5) is 4.79 Å². The van der Waals surface area contributed by atoms with Crippen LogP contribution in [0.2, 0.25) is 0 Å². The van der Waals surface area contributed by atoms with Crippen molar-refractivity contribution in [2.45, 2.75) is 20.0 Å². The second-order valence-corrected chi connectivity index (χ2v) is 6.90. The highest BCUT2D eigenvalue weighted by molar-refractivity contribution is 7.17. The van der Waals surface area contributed by atoms with Crippen molar-refractivity contribution in [2.75, 3.05) is 7.05 Å². The van der Waals surface area contributed by atoms with Gasteiger partial charge in [-0.2, -0.15) is 0 Å².